The molecule has 2 unspecified atom stereocenters. The van der Waals surface area contributed by atoms with Crippen LogP contribution in [-0.4, -0.2) is 22.9 Å². The number of nitrogens with one attached hydrogen (secondary N) is 1. The fraction of sp³-hybridized carbons (Fsp3) is 0.471. The number of benzene rings is 1. The lowest BCUT2D eigenvalue weighted by Crippen LogP contribution is -2.26. The molecule has 112 valence electrons. The average molecular weight is 285 g/mol. The zero-order valence-electron chi connectivity index (χ0n) is 12.7. The van der Waals surface area contributed by atoms with Crippen molar-refractivity contribution in [1.29, 1.82) is 0 Å². The Labute approximate surface area is 126 Å². The number of aromatic nitrogens is 2. The van der Waals surface area contributed by atoms with Gasteiger partial charge in [-0.25, -0.2) is 0 Å². The highest BCUT2D eigenvalue weighted by molar-refractivity contribution is 5.31. The van der Waals surface area contributed by atoms with Crippen molar-refractivity contribution < 1.29 is 4.74 Å². The van der Waals surface area contributed by atoms with Gasteiger partial charge < -0.3 is 10.1 Å². The zero-order valence-corrected chi connectivity index (χ0v) is 12.7. The molecule has 2 aromatic rings. The molecule has 1 N–H and O–H groups in total. The second kappa shape index (κ2) is 6.41. The standard InChI is InChI=1S/C17H23N3O/c1-3-18-16(15-8-10-20(2)19-15)12-17-14-7-5-4-6-13(14)9-11-21-17/h4-8,10,16-18H,3,9,11-12H2,1-2H3. The number of hydrogen-bond acceptors (Lipinski definition) is 3. The molecule has 1 aliphatic heterocycles. The highest BCUT2D eigenvalue weighted by Crippen LogP contribution is 2.33. The molecule has 0 saturated heterocycles. The summed E-state index contributed by atoms with van der Waals surface area (Å²) >= 11 is 0. The molecule has 4 nitrogen and oxygen atoms in total. The zero-order chi connectivity index (χ0) is 14.7. The summed E-state index contributed by atoms with van der Waals surface area (Å²) in [5, 5.41) is 8.08. The van der Waals surface area contributed by atoms with Crippen LogP contribution in [0.4, 0.5) is 0 Å². The Morgan fingerprint density at radius 2 is 2.24 bits per heavy atom. The van der Waals surface area contributed by atoms with Crippen molar-refractivity contribution in [2.45, 2.75) is 31.9 Å². The molecule has 2 heterocycles. The summed E-state index contributed by atoms with van der Waals surface area (Å²) in [5.74, 6) is 0. The molecule has 4 heteroatoms. The molecule has 0 fully saturated rings. The van der Waals surface area contributed by atoms with Gasteiger partial charge in [0.15, 0.2) is 0 Å². The third kappa shape index (κ3) is 3.17. The van der Waals surface area contributed by atoms with E-state index >= 15 is 0 Å². The maximum absolute atomic E-state index is 6.03. The minimum Gasteiger partial charge on any atom is -0.373 e. The summed E-state index contributed by atoms with van der Waals surface area (Å²) < 4.78 is 7.89. The van der Waals surface area contributed by atoms with E-state index in [4.69, 9.17) is 4.74 Å². The SMILES string of the molecule is CCNC(CC1OCCc2ccccc21)c1ccn(C)n1. The van der Waals surface area contributed by atoms with Gasteiger partial charge in [0, 0.05) is 13.2 Å². The van der Waals surface area contributed by atoms with Gasteiger partial charge in [-0.05, 0) is 36.6 Å². The van der Waals surface area contributed by atoms with Crippen molar-refractivity contribution >= 4 is 0 Å². The van der Waals surface area contributed by atoms with Crippen LogP contribution in [0.1, 0.15) is 42.3 Å². The molecule has 1 aromatic carbocycles. The summed E-state index contributed by atoms with van der Waals surface area (Å²) in [7, 11) is 1.96. The first-order valence-electron chi connectivity index (χ1n) is 7.70. The van der Waals surface area contributed by atoms with Gasteiger partial charge in [-0.3, -0.25) is 4.68 Å². The third-order valence-corrected chi connectivity index (χ3v) is 4.08. The molecular weight excluding hydrogens is 262 g/mol. The second-order valence-electron chi connectivity index (χ2n) is 5.57. The molecule has 0 amide bonds. The lowest BCUT2D eigenvalue weighted by molar-refractivity contribution is 0.0291. The summed E-state index contributed by atoms with van der Waals surface area (Å²) in [6, 6.07) is 10.9. The molecule has 3 rings (SSSR count). The Morgan fingerprint density at radius 3 is 3.00 bits per heavy atom. The Bertz CT molecular complexity index is 593. The number of nitrogens with zero attached hydrogens (tertiary/aromatic N) is 2. The number of aryl methyl sites for hydroxylation is 1. The Morgan fingerprint density at radius 1 is 1.38 bits per heavy atom. The minimum atomic E-state index is 0.154. The molecule has 0 spiro atoms. The first-order valence-corrected chi connectivity index (χ1v) is 7.70. The van der Waals surface area contributed by atoms with Gasteiger partial charge in [-0.2, -0.15) is 5.10 Å². The Hall–Kier alpha value is -1.65. The van der Waals surface area contributed by atoms with Crippen LogP contribution in [-0.2, 0) is 18.2 Å². The maximum atomic E-state index is 6.03. The predicted molar refractivity (Wildman–Crippen MR) is 83.1 cm³/mol. The van der Waals surface area contributed by atoms with Crippen molar-refractivity contribution in [3.05, 3.63) is 53.3 Å². The van der Waals surface area contributed by atoms with Crippen molar-refractivity contribution in [1.82, 2.24) is 15.1 Å². The van der Waals surface area contributed by atoms with E-state index in [1.54, 1.807) is 0 Å². The van der Waals surface area contributed by atoms with E-state index in [0.29, 0.717) is 0 Å². The van der Waals surface area contributed by atoms with E-state index < -0.39 is 0 Å². The van der Waals surface area contributed by atoms with Crippen LogP contribution < -0.4 is 5.32 Å². The second-order valence-corrected chi connectivity index (χ2v) is 5.57. The fourth-order valence-corrected chi connectivity index (χ4v) is 3.06. The van der Waals surface area contributed by atoms with Crippen LogP contribution in [0.2, 0.25) is 0 Å². The summed E-state index contributed by atoms with van der Waals surface area (Å²) in [6.45, 7) is 3.87. The van der Waals surface area contributed by atoms with Gasteiger partial charge in [0.05, 0.1) is 24.4 Å². The summed E-state index contributed by atoms with van der Waals surface area (Å²) in [5.41, 5.74) is 3.85. The van der Waals surface area contributed by atoms with E-state index in [9.17, 15) is 0 Å². The molecule has 2 atom stereocenters. The summed E-state index contributed by atoms with van der Waals surface area (Å²) in [6.07, 6.45) is 4.08. The van der Waals surface area contributed by atoms with Gasteiger partial charge in [-0.15, -0.1) is 0 Å². The largest absolute Gasteiger partial charge is 0.373 e. The topological polar surface area (TPSA) is 39.1 Å². The number of rotatable bonds is 5. The molecule has 0 aliphatic carbocycles. The Balaban J connectivity index is 1.80. The Kier molecular flexibility index (Phi) is 4.36. The van der Waals surface area contributed by atoms with Crippen LogP contribution in [0.15, 0.2) is 36.5 Å². The van der Waals surface area contributed by atoms with Crippen LogP contribution in [0.3, 0.4) is 0 Å². The summed E-state index contributed by atoms with van der Waals surface area (Å²) in [4.78, 5) is 0. The van der Waals surface area contributed by atoms with Crippen molar-refractivity contribution in [3.8, 4) is 0 Å². The fourth-order valence-electron chi connectivity index (χ4n) is 3.06. The quantitative estimate of drug-likeness (QED) is 0.918. The van der Waals surface area contributed by atoms with Crippen LogP contribution >= 0.6 is 0 Å². The van der Waals surface area contributed by atoms with E-state index in [-0.39, 0.29) is 12.1 Å². The van der Waals surface area contributed by atoms with Crippen molar-refractivity contribution in [2.24, 2.45) is 7.05 Å². The van der Waals surface area contributed by atoms with Gasteiger partial charge >= 0.3 is 0 Å². The highest BCUT2D eigenvalue weighted by atomic mass is 16.5. The monoisotopic (exact) mass is 285 g/mol. The van der Waals surface area contributed by atoms with Crippen LogP contribution in [0, 0.1) is 0 Å². The van der Waals surface area contributed by atoms with Gasteiger partial charge in [0.25, 0.3) is 0 Å². The third-order valence-electron chi connectivity index (χ3n) is 4.08. The van der Waals surface area contributed by atoms with E-state index in [0.717, 1.165) is 31.7 Å². The van der Waals surface area contributed by atoms with E-state index in [1.807, 2.05) is 17.9 Å². The van der Waals surface area contributed by atoms with Crippen LogP contribution in [0.5, 0.6) is 0 Å². The maximum Gasteiger partial charge on any atom is 0.0846 e. The predicted octanol–water partition coefficient (Wildman–Crippen LogP) is 2.77. The lowest BCUT2D eigenvalue weighted by Gasteiger charge is -2.29. The number of hydrogen-bond donors (Lipinski definition) is 1. The smallest absolute Gasteiger partial charge is 0.0846 e. The van der Waals surface area contributed by atoms with Crippen LogP contribution in [0.25, 0.3) is 0 Å². The van der Waals surface area contributed by atoms with Gasteiger partial charge in [0.2, 0.25) is 0 Å². The molecule has 0 bridgehead atoms. The van der Waals surface area contributed by atoms with Gasteiger partial charge in [0.1, 0.15) is 0 Å². The molecular formula is C17H23N3O. The first-order chi connectivity index (χ1) is 10.3. The highest BCUT2D eigenvalue weighted by Gasteiger charge is 2.25. The molecule has 21 heavy (non-hydrogen) atoms. The normalized spacial score (nSPS) is 19.2. The number of fused-ring (bicyclic) bond motifs is 1. The molecule has 0 saturated carbocycles. The first kappa shape index (κ1) is 14.3. The lowest BCUT2D eigenvalue weighted by atomic mass is 9.93. The van der Waals surface area contributed by atoms with E-state index in [1.165, 1.54) is 11.1 Å². The minimum absolute atomic E-state index is 0.154. The molecule has 1 aliphatic rings. The number of ether oxygens (including phenoxy) is 1. The van der Waals surface area contributed by atoms with Crippen molar-refractivity contribution in [3.63, 3.8) is 0 Å². The van der Waals surface area contributed by atoms with E-state index in [2.05, 4.69) is 47.7 Å². The molecule has 1 aromatic heterocycles. The average Bonchev–Trinajstić information content (AvgIpc) is 2.94. The van der Waals surface area contributed by atoms with Gasteiger partial charge in [-0.1, -0.05) is 31.2 Å². The molecule has 0 radical (unpaired) electrons. The van der Waals surface area contributed by atoms with Crippen molar-refractivity contribution in [2.75, 3.05) is 13.2 Å².